The van der Waals surface area contributed by atoms with Crippen LogP contribution in [0, 0.1) is 0 Å². The molecule has 18 heavy (non-hydrogen) atoms. The number of benzene rings is 2. The van der Waals surface area contributed by atoms with E-state index < -0.39 is 0 Å². The van der Waals surface area contributed by atoms with E-state index >= 15 is 0 Å². The quantitative estimate of drug-likeness (QED) is 0.648. The van der Waals surface area contributed by atoms with Crippen molar-refractivity contribution in [3.8, 4) is 0 Å². The lowest BCUT2D eigenvalue weighted by Gasteiger charge is -2.09. The van der Waals surface area contributed by atoms with Crippen LogP contribution in [0.1, 0.15) is 17.7 Å². The van der Waals surface area contributed by atoms with Gasteiger partial charge in [-0.15, -0.1) is 11.8 Å². The van der Waals surface area contributed by atoms with Crippen molar-refractivity contribution in [2.24, 2.45) is 0 Å². The predicted octanol–water partition coefficient (Wildman–Crippen LogP) is 5.02. The molecule has 1 atom stereocenters. The Kier molecular flexibility index (Phi) is 3.11. The Balaban J connectivity index is 1.84. The van der Waals surface area contributed by atoms with Gasteiger partial charge in [0.25, 0.3) is 0 Å². The second-order valence-electron chi connectivity index (χ2n) is 4.39. The van der Waals surface area contributed by atoms with Crippen molar-refractivity contribution in [2.75, 3.05) is 0 Å². The molecule has 0 fully saturated rings. The lowest BCUT2D eigenvalue weighted by atomic mass is 10.2. The third-order valence-electron chi connectivity index (χ3n) is 3.08. The molecule has 1 aromatic heterocycles. The van der Waals surface area contributed by atoms with Gasteiger partial charge < -0.3 is 4.98 Å². The van der Waals surface area contributed by atoms with E-state index in [1.54, 1.807) is 0 Å². The molecule has 0 radical (unpaired) electrons. The number of nitrogens with one attached hydrogen (secondary N) is 1. The molecule has 0 aliphatic carbocycles. The van der Waals surface area contributed by atoms with Crippen LogP contribution in [-0.4, -0.2) is 4.98 Å². The Morgan fingerprint density at radius 2 is 1.67 bits per heavy atom. The first-order valence-electron chi connectivity index (χ1n) is 6.12. The maximum absolute atomic E-state index is 3.46. The van der Waals surface area contributed by atoms with Crippen molar-refractivity contribution >= 4 is 22.7 Å². The van der Waals surface area contributed by atoms with Gasteiger partial charge in [0.05, 0.1) is 5.03 Å². The zero-order chi connectivity index (χ0) is 12.4. The summed E-state index contributed by atoms with van der Waals surface area (Å²) >= 11 is 1.87. The van der Waals surface area contributed by atoms with Gasteiger partial charge in [0.15, 0.2) is 0 Å². The van der Waals surface area contributed by atoms with Gasteiger partial charge in [-0.1, -0.05) is 48.5 Å². The van der Waals surface area contributed by atoms with Crippen LogP contribution in [0.5, 0.6) is 0 Å². The Hall–Kier alpha value is -1.67. The summed E-state index contributed by atoms with van der Waals surface area (Å²) in [5.41, 5.74) is 2.57. The van der Waals surface area contributed by atoms with Gasteiger partial charge in [-0.25, -0.2) is 0 Å². The summed E-state index contributed by atoms with van der Waals surface area (Å²) in [6.07, 6.45) is 0. The van der Waals surface area contributed by atoms with E-state index in [2.05, 4.69) is 72.6 Å². The number of thioether (sulfide) groups is 1. The van der Waals surface area contributed by atoms with Crippen LogP contribution >= 0.6 is 11.8 Å². The fraction of sp³-hybridized carbons (Fsp3) is 0.125. The lowest BCUT2D eigenvalue weighted by molar-refractivity contribution is 1.08. The number of aromatic amines is 1. The predicted molar refractivity (Wildman–Crippen MR) is 79.0 cm³/mol. The number of aromatic nitrogens is 1. The normalized spacial score (nSPS) is 12.7. The first-order valence-corrected chi connectivity index (χ1v) is 7.00. The van der Waals surface area contributed by atoms with Gasteiger partial charge in [-0.3, -0.25) is 0 Å². The van der Waals surface area contributed by atoms with Crippen LogP contribution in [-0.2, 0) is 0 Å². The molecule has 3 aromatic rings. The Morgan fingerprint density at radius 3 is 2.44 bits per heavy atom. The third-order valence-corrected chi connectivity index (χ3v) is 4.18. The molecule has 1 N–H and O–H groups in total. The van der Waals surface area contributed by atoms with Crippen LogP contribution in [0.15, 0.2) is 65.7 Å². The summed E-state index contributed by atoms with van der Waals surface area (Å²) in [6, 6.07) is 21.2. The SMILES string of the molecule is CC(Sc1cc2ccccc2[nH]1)c1ccccc1. The molecule has 2 aromatic carbocycles. The highest BCUT2D eigenvalue weighted by molar-refractivity contribution is 7.99. The number of hydrogen-bond acceptors (Lipinski definition) is 1. The number of hydrogen-bond donors (Lipinski definition) is 1. The molecule has 0 aliphatic rings. The lowest BCUT2D eigenvalue weighted by Crippen LogP contribution is -1.87. The summed E-state index contributed by atoms with van der Waals surface area (Å²) < 4.78 is 0. The third kappa shape index (κ3) is 2.29. The maximum Gasteiger partial charge on any atom is 0.0738 e. The molecule has 0 saturated heterocycles. The molecule has 0 bridgehead atoms. The molecule has 0 aliphatic heterocycles. The minimum Gasteiger partial charge on any atom is -0.350 e. The van der Waals surface area contributed by atoms with E-state index in [9.17, 15) is 0 Å². The Labute approximate surface area is 111 Å². The largest absolute Gasteiger partial charge is 0.350 e. The van der Waals surface area contributed by atoms with E-state index in [1.165, 1.54) is 21.5 Å². The van der Waals surface area contributed by atoms with Gasteiger partial charge >= 0.3 is 0 Å². The Bertz CT molecular complexity index is 609. The molecule has 90 valence electrons. The van der Waals surface area contributed by atoms with Crippen LogP contribution in [0.3, 0.4) is 0 Å². The second kappa shape index (κ2) is 4.91. The van der Waals surface area contributed by atoms with Crippen molar-refractivity contribution in [1.82, 2.24) is 4.98 Å². The average molecular weight is 253 g/mol. The van der Waals surface area contributed by atoms with Gasteiger partial charge in [-0.05, 0) is 24.6 Å². The van der Waals surface area contributed by atoms with E-state index in [0.717, 1.165) is 0 Å². The summed E-state index contributed by atoms with van der Waals surface area (Å²) in [6.45, 7) is 2.24. The number of rotatable bonds is 3. The summed E-state index contributed by atoms with van der Waals surface area (Å²) in [5.74, 6) is 0. The first kappa shape index (κ1) is 11.4. The molecule has 3 rings (SSSR count). The monoisotopic (exact) mass is 253 g/mol. The molecule has 0 amide bonds. The molecule has 0 saturated carbocycles. The number of para-hydroxylation sites is 1. The second-order valence-corrected chi connectivity index (χ2v) is 5.77. The summed E-state index contributed by atoms with van der Waals surface area (Å²) in [4.78, 5) is 3.46. The van der Waals surface area contributed by atoms with Gasteiger partial charge in [-0.2, -0.15) is 0 Å². The van der Waals surface area contributed by atoms with Crippen LogP contribution < -0.4 is 0 Å². The molecular weight excluding hydrogens is 238 g/mol. The van der Waals surface area contributed by atoms with Gasteiger partial charge in [0, 0.05) is 16.2 Å². The van der Waals surface area contributed by atoms with Crippen LogP contribution in [0.2, 0.25) is 0 Å². The van der Waals surface area contributed by atoms with Crippen molar-refractivity contribution in [3.05, 3.63) is 66.2 Å². The van der Waals surface area contributed by atoms with E-state index in [1.807, 2.05) is 11.8 Å². The molecular formula is C16H15NS. The summed E-state index contributed by atoms with van der Waals surface area (Å²) in [7, 11) is 0. The highest BCUT2D eigenvalue weighted by atomic mass is 32.2. The topological polar surface area (TPSA) is 15.8 Å². The molecule has 0 spiro atoms. The average Bonchev–Trinajstić information content (AvgIpc) is 2.82. The fourth-order valence-electron chi connectivity index (χ4n) is 2.09. The van der Waals surface area contributed by atoms with E-state index in [4.69, 9.17) is 0 Å². The van der Waals surface area contributed by atoms with Crippen molar-refractivity contribution in [1.29, 1.82) is 0 Å². The minimum atomic E-state index is 0.458. The van der Waals surface area contributed by atoms with Crippen molar-refractivity contribution in [2.45, 2.75) is 17.2 Å². The van der Waals surface area contributed by atoms with Crippen LogP contribution in [0.4, 0.5) is 0 Å². The smallest absolute Gasteiger partial charge is 0.0738 e. The molecule has 1 unspecified atom stereocenters. The molecule has 1 nitrogen and oxygen atoms in total. The summed E-state index contributed by atoms with van der Waals surface area (Å²) in [5, 5.41) is 2.96. The first-order chi connectivity index (χ1) is 8.83. The highest BCUT2D eigenvalue weighted by Crippen LogP contribution is 2.35. The number of fused-ring (bicyclic) bond motifs is 1. The zero-order valence-corrected chi connectivity index (χ0v) is 11.1. The fourth-order valence-corrected chi connectivity index (χ4v) is 3.13. The molecule has 2 heteroatoms. The maximum atomic E-state index is 3.46. The van der Waals surface area contributed by atoms with E-state index in [-0.39, 0.29) is 0 Å². The standard InChI is InChI=1S/C16H15NS/c1-12(13-7-3-2-4-8-13)18-16-11-14-9-5-6-10-15(14)17-16/h2-12,17H,1H3. The molecule has 1 heterocycles. The number of H-pyrrole nitrogens is 1. The van der Waals surface area contributed by atoms with E-state index in [0.29, 0.717) is 5.25 Å². The minimum absolute atomic E-state index is 0.458. The van der Waals surface area contributed by atoms with Crippen molar-refractivity contribution < 1.29 is 0 Å². The van der Waals surface area contributed by atoms with Gasteiger partial charge in [0.2, 0.25) is 0 Å². The van der Waals surface area contributed by atoms with Gasteiger partial charge in [0.1, 0.15) is 0 Å². The van der Waals surface area contributed by atoms with Crippen LogP contribution in [0.25, 0.3) is 10.9 Å². The zero-order valence-electron chi connectivity index (χ0n) is 10.3. The highest BCUT2D eigenvalue weighted by Gasteiger charge is 2.08. The van der Waals surface area contributed by atoms with Crippen molar-refractivity contribution in [3.63, 3.8) is 0 Å². The Morgan fingerprint density at radius 1 is 0.944 bits per heavy atom.